The molecule has 1 aromatic heterocycles. The fraction of sp³-hybridized carbons (Fsp3) is 0.583. The summed E-state index contributed by atoms with van der Waals surface area (Å²) in [5.74, 6) is 0.610. The lowest BCUT2D eigenvalue weighted by Crippen LogP contribution is -2.14. The van der Waals surface area contributed by atoms with Crippen LogP contribution in [0.3, 0.4) is 0 Å². The van der Waals surface area contributed by atoms with Gasteiger partial charge >= 0.3 is 5.97 Å². The van der Waals surface area contributed by atoms with Gasteiger partial charge in [0.25, 0.3) is 0 Å². The number of anilines is 1. The van der Waals surface area contributed by atoms with Crippen LogP contribution < -0.4 is 5.32 Å². The van der Waals surface area contributed by atoms with E-state index in [-0.39, 0.29) is 11.8 Å². The monoisotopic (exact) mass is 251 g/mol. The summed E-state index contributed by atoms with van der Waals surface area (Å²) < 4.78 is 4.54. The van der Waals surface area contributed by atoms with Gasteiger partial charge in [-0.05, 0) is 25.2 Å². The molecule has 1 aromatic rings. The summed E-state index contributed by atoms with van der Waals surface area (Å²) in [5.41, 5.74) is 0.194. The third-order valence-electron chi connectivity index (χ3n) is 3.13. The Bertz CT molecular complexity index is 408. The molecule has 1 aliphatic carbocycles. The van der Waals surface area contributed by atoms with Crippen molar-refractivity contribution in [2.75, 3.05) is 19.0 Å². The SMILES string of the molecule is COC(=O)c1cnc(NCC2CCC(O)C2)cn1. The molecule has 1 heterocycles. The minimum atomic E-state index is -0.493. The Balaban J connectivity index is 1.85. The summed E-state index contributed by atoms with van der Waals surface area (Å²) in [6.45, 7) is 0.767. The molecule has 2 unspecified atom stereocenters. The van der Waals surface area contributed by atoms with Crippen molar-refractivity contribution >= 4 is 11.8 Å². The molecule has 1 saturated carbocycles. The summed E-state index contributed by atoms with van der Waals surface area (Å²) >= 11 is 0. The molecule has 1 fully saturated rings. The number of aliphatic hydroxyl groups is 1. The highest BCUT2D eigenvalue weighted by atomic mass is 16.5. The van der Waals surface area contributed by atoms with Crippen LogP contribution in [-0.2, 0) is 4.74 Å². The van der Waals surface area contributed by atoms with Crippen LogP contribution in [0.5, 0.6) is 0 Å². The molecule has 0 aliphatic heterocycles. The predicted octanol–water partition coefficient (Wildman–Crippen LogP) is 0.836. The van der Waals surface area contributed by atoms with Gasteiger partial charge in [0.2, 0.25) is 0 Å². The number of esters is 1. The Morgan fingerprint density at radius 2 is 2.33 bits per heavy atom. The highest BCUT2D eigenvalue weighted by molar-refractivity contribution is 5.86. The standard InChI is InChI=1S/C12H17N3O3/c1-18-12(17)10-6-15-11(7-13-10)14-5-8-2-3-9(16)4-8/h6-9,16H,2-5H2,1H3,(H,14,15). The van der Waals surface area contributed by atoms with E-state index in [1.54, 1.807) is 0 Å². The van der Waals surface area contributed by atoms with Crippen molar-refractivity contribution in [1.82, 2.24) is 9.97 Å². The summed E-state index contributed by atoms with van der Waals surface area (Å²) in [4.78, 5) is 19.2. The van der Waals surface area contributed by atoms with E-state index in [0.29, 0.717) is 11.7 Å². The van der Waals surface area contributed by atoms with Crippen molar-refractivity contribution < 1.29 is 14.6 Å². The van der Waals surface area contributed by atoms with Gasteiger partial charge in [0.1, 0.15) is 5.82 Å². The molecule has 2 N–H and O–H groups in total. The normalized spacial score (nSPS) is 22.8. The maximum atomic E-state index is 11.2. The average Bonchev–Trinajstić information content (AvgIpc) is 2.82. The Hall–Kier alpha value is -1.69. The largest absolute Gasteiger partial charge is 0.464 e. The van der Waals surface area contributed by atoms with Crippen LogP contribution in [0.2, 0.25) is 0 Å². The molecule has 0 bridgehead atoms. The van der Waals surface area contributed by atoms with E-state index in [4.69, 9.17) is 0 Å². The van der Waals surface area contributed by atoms with Crippen molar-refractivity contribution in [2.24, 2.45) is 5.92 Å². The van der Waals surface area contributed by atoms with Crippen molar-refractivity contribution in [3.05, 3.63) is 18.1 Å². The first-order valence-corrected chi connectivity index (χ1v) is 6.01. The third kappa shape index (κ3) is 3.16. The average molecular weight is 251 g/mol. The summed E-state index contributed by atoms with van der Waals surface area (Å²) in [7, 11) is 1.31. The number of aromatic nitrogens is 2. The zero-order valence-electron chi connectivity index (χ0n) is 10.3. The number of rotatable bonds is 4. The third-order valence-corrected chi connectivity index (χ3v) is 3.13. The number of hydrogen-bond acceptors (Lipinski definition) is 6. The van der Waals surface area contributed by atoms with Gasteiger partial charge in [-0.25, -0.2) is 14.8 Å². The van der Waals surface area contributed by atoms with Crippen molar-refractivity contribution in [3.63, 3.8) is 0 Å². The lowest BCUT2D eigenvalue weighted by molar-refractivity contribution is 0.0593. The number of hydrogen-bond donors (Lipinski definition) is 2. The van der Waals surface area contributed by atoms with Crippen LogP contribution in [-0.4, -0.2) is 40.8 Å². The quantitative estimate of drug-likeness (QED) is 0.771. The maximum Gasteiger partial charge on any atom is 0.358 e. The molecule has 0 spiro atoms. The van der Waals surface area contributed by atoms with Gasteiger partial charge in [0, 0.05) is 6.54 Å². The zero-order valence-corrected chi connectivity index (χ0v) is 10.3. The molecular weight excluding hydrogens is 234 g/mol. The predicted molar refractivity (Wildman–Crippen MR) is 65.2 cm³/mol. The summed E-state index contributed by atoms with van der Waals surface area (Å²) in [6, 6.07) is 0. The van der Waals surface area contributed by atoms with E-state index >= 15 is 0 Å². The molecule has 1 aliphatic rings. The number of carbonyl (C=O) groups excluding carboxylic acids is 1. The van der Waals surface area contributed by atoms with Crippen molar-refractivity contribution in [3.8, 4) is 0 Å². The van der Waals surface area contributed by atoms with Gasteiger partial charge in [-0.1, -0.05) is 0 Å². The molecule has 18 heavy (non-hydrogen) atoms. The van der Waals surface area contributed by atoms with Crippen molar-refractivity contribution in [2.45, 2.75) is 25.4 Å². The highest BCUT2D eigenvalue weighted by Gasteiger charge is 2.22. The fourth-order valence-corrected chi connectivity index (χ4v) is 2.11. The summed E-state index contributed by atoms with van der Waals surface area (Å²) in [5, 5.41) is 12.6. The lowest BCUT2D eigenvalue weighted by Gasteiger charge is -2.11. The number of nitrogens with one attached hydrogen (secondary N) is 1. The smallest absolute Gasteiger partial charge is 0.358 e. The molecule has 0 saturated heterocycles. The number of ether oxygens (including phenoxy) is 1. The molecule has 2 rings (SSSR count). The number of aliphatic hydroxyl groups excluding tert-OH is 1. The van der Waals surface area contributed by atoms with E-state index in [2.05, 4.69) is 20.0 Å². The van der Waals surface area contributed by atoms with Gasteiger partial charge in [-0.2, -0.15) is 0 Å². The van der Waals surface area contributed by atoms with Gasteiger partial charge in [-0.3, -0.25) is 0 Å². The van der Waals surface area contributed by atoms with Gasteiger partial charge in [-0.15, -0.1) is 0 Å². The molecule has 6 heteroatoms. The molecule has 2 atom stereocenters. The lowest BCUT2D eigenvalue weighted by atomic mass is 10.1. The Kier molecular flexibility index (Phi) is 4.09. The van der Waals surface area contributed by atoms with E-state index in [1.165, 1.54) is 19.5 Å². The molecule has 0 radical (unpaired) electrons. The topological polar surface area (TPSA) is 84.3 Å². The van der Waals surface area contributed by atoms with Crippen LogP contribution in [0.1, 0.15) is 29.8 Å². The van der Waals surface area contributed by atoms with Crippen LogP contribution in [0.4, 0.5) is 5.82 Å². The van der Waals surface area contributed by atoms with Crippen LogP contribution in [0.15, 0.2) is 12.4 Å². The second-order valence-corrected chi connectivity index (χ2v) is 4.49. The van der Waals surface area contributed by atoms with Gasteiger partial charge in [0.05, 0.1) is 25.6 Å². The Morgan fingerprint density at radius 3 is 2.89 bits per heavy atom. The molecule has 6 nitrogen and oxygen atoms in total. The van der Waals surface area contributed by atoms with Gasteiger partial charge in [0.15, 0.2) is 5.69 Å². The number of methoxy groups -OCH3 is 1. The second-order valence-electron chi connectivity index (χ2n) is 4.49. The van der Waals surface area contributed by atoms with Crippen LogP contribution in [0.25, 0.3) is 0 Å². The molecular formula is C12H17N3O3. The molecule has 0 aromatic carbocycles. The fourth-order valence-electron chi connectivity index (χ4n) is 2.11. The molecule has 0 amide bonds. The van der Waals surface area contributed by atoms with E-state index in [0.717, 1.165) is 25.8 Å². The summed E-state index contributed by atoms with van der Waals surface area (Å²) in [6.07, 6.45) is 5.47. The zero-order chi connectivity index (χ0) is 13.0. The van der Waals surface area contributed by atoms with Crippen molar-refractivity contribution in [1.29, 1.82) is 0 Å². The van der Waals surface area contributed by atoms with Crippen LogP contribution in [0, 0.1) is 5.92 Å². The Labute approximate surface area is 105 Å². The number of nitrogens with zero attached hydrogens (tertiary/aromatic N) is 2. The van der Waals surface area contributed by atoms with Crippen LogP contribution >= 0.6 is 0 Å². The first-order valence-electron chi connectivity index (χ1n) is 6.01. The minimum absolute atomic E-state index is 0.162. The minimum Gasteiger partial charge on any atom is -0.464 e. The number of carbonyl (C=O) groups is 1. The second kappa shape index (κ2) is 5.77. The van der Waals surface area contributed by atoms with E-state index < -0.39 is 5.97 Å². The first kappa shape index (κ1) is 12.8. The Morgan fingerprint density at radius 1 is 1.50 bits per heavy atom. The maximum absolute atomic E-state index is 11.2. The first-order chi connectivity index (χ1) is 8.69. The van der Waals surface area contributed by atoms with E-state index in [1.807, 2.05) is 0 Å². The van der Waals surface area contributed by atoms with E-state index in [9.17, 15) is 9.90 Å². The van der Waals surface area contributed by atoms with Gasteiger partial charge < -0.3 is 15.2 Å². The highest BCUT2D eigenvalue weighted by Crippen LogP contribution is 2.25. The molecule has 98 valence electrons.